The van der Waals surface area contributed by atoms with Crippen LogP contribution in [-0.4, -0.2) is 5.24 Å². The molecule has 0 unspecified atom stereocenters. The van der Waals surface area contributed by atoms with Gasteiger partial charge < -0.3 is 4.42 Å². The molecule has 2 nitrogen and oxygen atoms in total. The van der Waals surface area contributed by atoms with Gasteiger partial charge in [-0.25, -0.2) is 0 Å². The molecular formula is C5H2ClIO2. The molecule has 0 aliphatic carbocycles. The fourth-order valence-corrected chi connectivity index (χ4v) is 1.31. The van der Waals surface area contributed by atoms with Crippen molar-refractivity contribution in [3.05, 3.63) is 21.7 Å². The van der Waals surface area contributed by atoms with Gasteiger partial charge >= 0.3 is 0 Å². The molecule has 0 saturated heterocycles. The lowest BCUT2D eigenvalue weighted by Crippen LogP contribution is -1.85. The highest BCUT2D eigenvalue weighted by Gasteiger charge is 2.07. The van der Waals surface area contributed by atoms with Crippen LogP contribution in [0.25, 0.3) is 0 Å². The number of halogens is 2. The SMILES string of the molecule is O=C(Cl)c1ccoc1I. The number of rotatable bonds is 1. The lowest BCUT2D eigenvalue weighted by Gasteiger charge is -1.82. The van der Waals surface area contributed by atoms with Gasteiger partial charge in [-0.15, -0.1) is 0 Å². The molecule has 1 rings (SSSR count). The summed E-state index contributed by atoms with van der Waals surface area (Å²) in [5.41, 5.74) is 0.428. The Hall–Kier alpha value is -0.0300. The minimum absolute atomic E-state index is 0.428. The topological polar surface area (TPSA) is 30.2 Å². The minimum Gasteiger partial charge on any atom is -0.458 e. The second-order valence-corrected chi connectivity index (χ2v) is 2.70. The van der Waals surface area contributed by atoms with Crippen LogP contribution in [0, 0.1) is 3.77 Å². The van der Waals surface area contributed by atoms with Crippen molar-refractivity contribution < 1.29 is 9.21 Å². The summed E-state index contributed by atoms with van der Waals surface area (Å²) < 4.78 is 5.34. The first-order chi connectivity index (χ1) is 4.22. The number of carbonyl (C=O) groups is 1. The summed E-state index contributed by atoms with van der Waals surface area (Å²) in [5, 5.41) is -0.479. The molecule has 0 bridgehead atoms. The fraction of sp³-hybridized carbons (Fsp3) is 0. The highest BCUT2D eigenvalue weighted by atomic mass is 127. The largest absolute Gasteiger partial charge is 0.458 e. The summed E-state index contributed by atoms with van der Waals surface area (Å²) in [6.07, 6.45) is 1.43. The third-order valence-corrected chi connectivity index (χ3v) is 1.87. The molecule has 0 aliphatic rings. The maximum Gasteiger partial charge on any atom is 0.256 e. The Morgan fingerprint density at radius 1 is 1.78 bits per heavy atom. The molecule has 1 heterocycles. The Labute approximate surface area is 70.3 Å². The average Bonchev–Trinajstić information content (AvgIpc) is 2.13. The van der Waals surface area contributed by atoms with Gasteiger partial charge in [-0.1, -0.05) is 0 Å². The van der Waals surface area contributed by atoms with E-state index in [9.17, 15) is 4.79 Å². The van der Waals surface area contributed by atoms with Crippen molar-refractivity contribution in [1.29, 1.82) is 0 Å². The van der Waals surface area contributed by atoms with E-state index in [2.05, 4.69) is 0 Å². The molecule has 0 aromatic carbocycles. The quantitative estimate of drug-likeness (QED) is 0.570. The predicted octanol–water partition coefficient (Wildman–Crippen LogP) is 2.26. The van der Waals surface area contributed by atoms with E-state index in [4.69, 9.17) is 16.0 Å². The van der Waals surface area contributed by atoms with Crippen molar-refractivity contribution in [3.8, 4) is 0 Å². The van der Waals surface area contributed by atoms with Crippen LogP contribution < -0.4 is 0 Å². The highest BCUT2D eigenvalue weighted by Crippen LogP contribution is 2.14. The van der Waals surface area contributed by atoms with Gasteiger partial charge in [0.1, 0.15) is 0 Å². The monoisotopic (exact) mass is 256 g/mol. The Balaban J connectivity index is 3.08. The van der Waals surface area contributed by atoms with Gasteiger partial charge in [0.2, 0.25) is 0 Å². The second-order valence-electron chi connectivity index (χ2n) is 1.38. The van der Waals surface area contributed by atoms with E-state index in [0.717, 1.165) is 0 Å². The summed E-state index contributed by atoms with van der Waals surface area (Å²) in [6, 6.07) is 1.54. The van der Waals surface area contributed by atoms with Gasteiger partial charge in [0.15, 0.2) is 3.77 Å². The van der Waals surface area contributed by atoms with Crippen molar-refractivity contribution in [1.82, 2.24) is 0 Å². The van der Waals surface area contributed by atoms with Gasteiger partial charge in [-0.05, 0) is 17.7 Å². The Morgan fingerprint density at radius 3 is 2.67 bits per heavy atom. The molecule has 0 radical (unpaired) electrons. The van der Waals surface area contributed by atoms with Gasteiger partial charge in [0.25, 0.3) is 5.24 Å². The first kappa shape index (κ1) is 7.08. The van der Waals surface area contributed by atoms with Crippen LogP contribution >= 0.6 is 34.2 Å². The Morgan fingerprint density at radius 2 is 2.44 bits per heavy atom. The normalized spacial score (nSPS) is 9.56. The maximum absolute atomic E-state index is 10.4. The molecule has 0 amide bonds. The van der Waals surface area contributed by atoms with Crippen molar-refractivity contribution >= 4 is 39.4 Å². The molecule has 0 N–H and O–H groups in total. The van der Waals surface area contributed by atoms with Crippen LogP contribution in [0.5, 0.6) is 0 Å². The molecule has 4 heteroatoms. The van der Waals surface area contributed by atoms with E-state index in [1.54, 1.807) is 0 Å². The third-order valence-electron chi connectivity index (χ3n) is 0.830. The average molecular weight is 256 g/mol. The number of furan rings is 1. The van der Waals surface area contributed by atoms with Crippen LogP contribution in [0.3, 0.4) is 0 Å². The Bertz CT molecular complexity index is 231. The fourth-order valence-electron chi connectivity index (χ4n) is 0.434. The maximum atomic E-state index is 10.4. The number of hydrogen-bond acceptors (Lipinski definition) is 2. The zero-order valence-electron chi connectivity index (χ0n) is 4.23. The van der Waals surface area contributed by atoms with Crippen molar-refractivity contribution in [2.24, 2.45) is 0 Å². The smallest absolute Gasteiger partial charge is 0.256 e. The van der Waals surface area contributed by atoms with Crippen LogP contribution in [-0.2, 0) is 0 Å². The van der Waals surface area contributed by atoms with Gasteiger partial charge in [-0.2, -0.15) is 0 Å². The van der Waals surface area contributed by atoms with Crippen LogP contribution in [0.1, 0.15) is 10.4 Å². The van der Waals surface area contributed by atoms with E-state index >= 15 is 0 Å². The molecule has 1 aromatic rings. The summed E-state index contributed by atoms with van der Waals surface area (Å²) in [4.78, 5) is 10.4. The number of hydrogen-bond donors (Lipinski definition) is 0. The van der Waals surface area contributed by atoms with Crippen molar-refractivity contribution in [2.75, 3.05) is 0 Å². The summed E-state index contributed by atoms with van der Waals surface area (Å²) in [7, 11) is 0. The van der Waals surface area contributed by atoms with Gasteiger partial charge in [0.05, 0.1) is 11.8 Å². The molecule has 48 valence electrons. The molecule has 0 spiro atoms. The van der Waals surface area contributed by atoms with Crippen LogP contribution in [0.15, 0.2) is 16.7 Å². The first-order valence-corrected chi connectivity index (χ1v) is 3.60. The third kappa shape index (κ3) is 1.46. The lowest BCUT2D eigenvalue weighted by molar-refractivity contribution is 0.107. The van der Waals surface area contributed by atoms with Crippen LogP contribution in [0.4, 0.5) is 0 Å². The molecule has 0 aliphatic heterocycles. The van der Waals surface area contributed by atoms with Crippen LogP contribution in [0.2, 0.25) is 0 Å². The van der Waals surface area contributed by atoms with E-state index in [-0.39, 0.29) is 0 Å². The molecule has 9 heavy (non-hydrogen) atoms. The zero-order valence-corrected chi connectivity index (χ0v) is 7.14. The minimum atomic E-state index is -0.479. The predicted molar refractivity (Wildman–Crippen MR) is 41.6 cm³/mol. The lowest BCUT2D eigenvalue weighted by atomic mass is 10.4. The van der Waals surface area contributed by atoms with Crippen molar-refractivity contribution in [2.45, 2.75) is 0 Å². The highest BCUT2D eigenvalue weighted by molar-refractivity contribution is 14.1. The van der Waals surface area contributed by atoms with E-state index in [1.807, 2.05) is 22.6 Å². The van der Waals surface area contributed by atoms with E-state index < -0.39 is 5.24 Å². The summed E-state index contributed by atoms with van der Waals surface area (Å²) >= 11 is 7.04. The first-order valence-electron chi connectivity index (χ1n) is 2.14. The summed E-state index contributed by atoms with van der Waals surface area (Å²) in [5.74, 6) is 0. The van der Waals surface area contributed by atoms with E-state index in [1.165, 1.54) is 12.3 Å². The molecular weight excluding hydrogens is 254 g/mol. The molecule has 1 aromatic heterocycles. The second kappa shape index (κ2) is 2.70. The standard InChI is InChI=1S/C5H2ClIO2/c6-4(8)3-1-2-9-5(3)7/h1-2H. The van der Waals surface area contributed by atoms with E-state index in [0.29, 0.717) is 9.33 Å². The molecule has 0 atom stereocenters. The molecule has 0 saturated carbocycles. The zero-order chi connectivity index (χ0) is 6.85. The number of carbonyl (C=O) groups excluding carboxylic acids is 1. The van der Waals surface area contributed by atoms with Crippen molar-refractivity contribution in [3.63, 3.8) is 0 Å². The van der Waals surface area contributed by atoms with Gasteiger partial charge in [0, 0.05) is 22.6 Å². The van der Waals surface area contributed by atoms with Gasteiger partial charge in [-0.3, -0.25) is 4.79 Å². The molecule has 0 fully saturated rings. The Kier molecular flexibility index (Phi) is 2.13. The summed E-state index contributed by atoms with van der Waals surface area (Å²) in [6.45, 7) is 0.